The number of hydrogen-bond donors (Lipinski definition) is 2. The molecule has 0 radical (unpaired) electrons. The normalized spacial score (nSPS) is 21.9. The minimum atomic E-state index is -1.02. The van der Waals surface area contributed by atoms with E-state index < -0.39 is 22.7 Å². The molecule has 2 N–H and O–H groups in total. The van der Waals surface area contributed by atoms with Crippen molar-refractivity contribution in [2.75, 3.05) is 18.4 Å². The number of amides is 2. The first-order valence-electron chi connectivity index (χ1n) is 8.82. The average molecular weight is 381 g/mol. The van der Waals surface area contributed by atoms with Crippen LogP contribution < -0.4 is 5.32 Å². The molecule has 2 amide bonds. The number of likely N-dealkylation sites (tertiary alicyclic amines) is 1. The molecule has 6 nitrogen and oxygen atoms in total. The lowest BCUT2D eigenvalue weighted by Gasteiger charge is -2.34. The van der Waals surface area contributed by atoms with Crippen LogP contribution in [0.3, 0.4) is 0 Å². The molecule has 7 heteroatoms. The third kappa shape index (κ3) is 5.56. The minimum absolute atomic E-state index is 0.149. The Morgan fingerprint density at radius 3 is 2.62 bits per heavy atom. The van der Waals surface area contributed by atoms with Crippen LogP contribution in [0.2, 0.25) is 0 Å². The zero-order valence-electron chi connectivity index (χ0n) is 15.8. The van der Waals surface area contributed by atoms with Gasteiger partial charge < -0.3 is 15.3 Å². The Bertz CT molecular complexity index is 699. The number of carboxylic acids is 1. The summed E-state index contributed by atoms with van der Waals surface area (Å²) in [4.78, 5) is 25.4. The number of hydrogen-bond acceptors (Lipinski definition) is 3. The molecule has 0 aliphatic carbocycles. The SMILES string of the molecule is CC1CC(C(=O)O)CN(C(=O)Nc2cccc(CS(=O)C(C)(C)C)c2)C1. The Labute approximate surface area is 157 Å². The molecule has 26 heavy (non-hydrogen) atoms. The summed E-state index contributed by atoms with van der Waals surface area (Å²) < 4.78 is 12.0. The molecule has 0 spiro atoms. The van der Waals surface area contributed by atoms with Crippen LogP contribution in [0.15, 0.2) is 24.3 Å². The molecular formula is C19H28N2O4S. The molecule has 0 bridgehead atoms. The predicted octanol–water partition coefficient (Wildman–Crippen LogP) is 3.31. The van der Waals surface area contributed by atoms with Crippen LogP contribution in [0.4, 0.5) is 10.5 Å². The van der Waals surface area contributed by atoms with Crippen LogP contribution in [0.5, 0.6) is 0 Å². The third-order valence-electron chi connectivity index (χ3n) is 4.46. The predicted molar refractivity (Wildman–Crippen MR) is 104 cm³/mol. The summed E-state index contributed by atoms with van der Waals surface area (Å²) in [5.41, 5.74) is 1.52. The van der Waals surface area contributed by atoms with E-state index >= 15 is 0 Å². The smallest absolute Gasteiger partial charge is 0.321 e. The van der Waals surface area contributed by atoms with E-state index in [1.807, 2.05) is 45.9 Å². The third-order valence-corrected chi connectivity index (χ3v) is 6.42. The van der Waals surface area contributed by atoms with Crippen molar-refractivity contribution in [2.24, 2.45) is 11.8 Å². The summed E-state index contributed by atoms with van der Waals surface area (Å²) in [6.45, 7) is 8.53. The molecule has 144 valence electrons. The molecule has 1 fully saturated rings. The zero-order valence-corrected chi connectivity index (χ0v) is 16.6. The van der Waals surface area contributed by atoms with Gasteiger partial charge in [0.05, 0.1) is 5.92 Å². The largest absolute Gasteiger partial charge is 0.481 e. The maximum absolute atomic E-state index is 12.5. The number of benzene rings is 1. The molecule has 3 atom stereocenters. The van der Waals surface area contributed by atoms with E-state index in [9.17, 15) is 18.9 Å². The van der Waals surface area contributed by atoms with Gasteiger partial charge in [-0.3, -0.25) is 9.00 Å². The van der Waals surface area contributed by atoms with Crippen molar-refractivity contribution in [2.45, 2.75) is 44.6 Å². The van der Waals surface area contributed by atoms with Crippen molar-refractivity contribution < 1.29 is 18.9 Å². The van der Waals surface area contributed by atoms with Crippen molar-refractivity contribution in [3.63, 3.8) is 0 Å². The van der Waals surface area contributed by atoms with Crippen molar-refractivity contribution in [1.82, 2.24) is 4.90 Å². The summed E-state index contributed by atoms with van der Waals surface area (Å²) in [5.74, 6) is -0.808. The fraction of sp³-hybridized carbons (Fsp3) is 0.579. The highest BCUT2D eigenvalue weighted by Gasteiger charge is 2.32. The van der Waals surface area contributed by atoms with Crippen molar-refractivity contribution in [3.05, 3.63) is 29.8 Å². The van der Waals surface area contributed by atoms with Gasteiger partial charge in [0.1, 0.15) is 0 Å². The molecular weight excluding hydrogens is 352 g/mol. The van der Waals surface area contributed by atoms with E-state index in [1.165, 1.54) is 0 Å². The summed E-state index contributed by atoms with van der Waals surface area (Å²) >= 11 is 0. The summed E-state index contributed by atoms with van der Waals surface area (Å²) in [6, 6.07) is 7.02. The monoisotopic (exact) mass is 380 g/mol. The van der Waals surface area contributed by atoms with E-state index in [1.54, 1.807) is 11.0 Å². The van der Waals surface area contributed by atoms with Gasteiger partial charge >= 0.3 is 12.0 Å². The van der Waals surface area contributed by atoms with Gasteiger partial charge in [0.2, 0.25) is 0 Å². The molecule has 2 rings (SSSR count). The lowest BCUT2D eigenvalue weighted by Crippen LogP contribution is -2.47. The van der Waals surface area contributed by atoms with Gasteiger partial charge in [-0.05, 0) is 50.8 Å². The van der Waals surface area contributed by atoms with Crippen LogP contribution in [0.25, 0.3) is 0 Å². The van der Waals surface area contributed by atoms with E-state index in [0.29, 0.717) is 24.4 Å². The number of rotatable bonds is 4. The second-order valence-corrected chi connectivity index (χ2v) is 10.2. The Morgan fingerprint density at radius 2 is 2.00 bits per heavy atom. The van der Waals surface area contributed by atoms with Gasteiger partial charge in [-0.25, -0.2) is 4.79 Å². The molecule has 1 aromatic rings. The number of carboxylic acid groups (broad SMARTS) is 1. The molecule has 0 saturated carbocycles. The lowest BCUT2D eigenvalue weighted by molar-refractivity contribution is -0.143. The molecule has 1 heterocycles. The first-order valence-corrected chi connectivity index (χ1v) is 10.1. The Morgan fingerprint density at radius 1 is 1.31 bits per heavy atom. The number of anilines is 1. The molecule has 3 unspecified atom stereocenters. The van der Waals surface area contributed by atoms with Gasteiger partial charge in [0.25, 0.3) is 0 Å². The number of nitrogens with one attached hydrogen (secondary N) is 1. The van der Waals surface area contributed by atoms with E-state index in [-0.39, 0.29) is 23.2 Å². The maximum atomic E-state index is 12.5. The standard InChI is InChI=1S/C19H28N2O4S/c1-13-8-15(17(22)23)11-21(10-13)18(24)20-16-7-5-6-14(9-16)12-26(25)19(2,3)4/h5-7,9,13,15H,8,10-12H2,1-4H3,(H,20,24)(H,22,23). The summed E-state index contributed by atoms with van der Waals surface area (Å²) in [7, 11) is -1.02. The Balaban J connectivity index is 2.04. The number of carbonyl (C=O) groups excluding carboxylic acids is 1. The first-order chi connectivity index (χ1) is 12.1. The molecule has 1 saturated heterocycles. The molecule has 1 aliphatic rings. The van der Waals surface area contributed by atoms with Crippen molar-refractivity contribution in [1.29, 1.82) is 0 Å². The Kier molecular flexibility index (Phi) is 6.44. The minimum Gasteiger partial charge on any atom is -0.481 e. The Hall–Kier alpha value is -1.89. The maximum Gasteiger partial charge on any atom is 0.321 e. The highest BCUT2D eigenvalue weighted by molar-refractivity contribution is 7.85. The molecule has 1 aromatic carbocycles. The van der Waals surface area contributed by atoms with Gasteiger partial charge in [-0.15, -0.1) is 0 Å². The fourth-order valence-electron chi connectivity index (χ4n) is 3.01. The van der Waals surface area contributed by atoms with E-state index in [4.69, 9.17) is 0 Å². The topological polar surface area (TPSA) is 86.7 Å². The van der Waals surface area contributed by atoms with Gasteiger partial charge in [-0.2, -0.15) is 0 Å². The van der Waals surface area contributed by atoms with Crippen LogP contribution >= 0.6 is 0 Å². The number of piperidine rings is 1. The summed E-state index contributed by atoms with van der Waals surface area (Å²) in [5, 5.41) is 12.1. The van der Waals surface area contributed by atoms with Crippen molar-refractivity contribution >= 4 is 28.5 Å². The zero-order chi connectivity index (χ0) is 19.5. The second-order valence-electron chi connectivity index (χ2n) is 8.01. The quantitative estimate of drug-likeness (QED) is 0.839. The van der Waals surface area contributed by atoms with E-state index in [2.05, 4.69) is 5.32 Å². The van der Waals surface area contributed by atoms with Gasteiger partial charge in [0, 0.05) is 40.1 Å². The highest BCUT2D eigenvalue weighted by Crippen LogP contribution is 2.23. The second kappa shape index (κ2) is 8.20. The summed E-state index contributed by atoms with van der Waals surface area (Å²) in [6.07, 6.45) is 0.590. The lowest BCUT2D eigenvalue weighted by atomic mass is 9.91. The van der Waals surface area contributed by atoms with Crippen LogP contribution in [-0.4, -0.2) is 44.1 Å². The molecule has 0 aromatic heterocycles. The highest BCUT2D eigenvalue weighted by atomic mass is 32.2. The number of urea groups is 1. The van der Waals surface area contributed by atoms with Crippen LogP contribution in [0, 0.1) is 11.8 Å². The van der Waals surface area contributed by atoms with Crippen LogP contribution in [0.1, 0.15) is 39.7 Å². The van der Waals surface area contributed by atoms with E-state index in [0.717, 1.165) is 5.56 Å². The first kappa shape index (κ1) is 20.4. The number of nitrogens with zero attached hydrogens (tertiary/aromatic N) is 1. The average Bonchev–Trinajstić information content (AvgIpc) is 2.53. The molecule has 1 aliphatic heterocycles. The van der Waals surface area contributed by atoms with Gasteiger partial charge in [-0.1, -0.05) is 19.1 Å². The number of aliphatic carboxylic acids is 1. The van der Waals surface area contributed by atoms with Crippen molar-refractivity contribution in [3.8, 4) is 0 Å². The van der Waals surface area contributed by atoms with Crippen LogP contribution in [-0.2, 0) is 21.3 Å². The van der Waals surface area contributed by atoms with Gasteiger partial charge in [0.15, 0.2) is 0 Å². The number of carbonyl (C=O) groups is 2. The fourth-order valence-corrected chi connectivity index (χ4v) is 3.92.